The molecule has 2 heterocycles. The summed E-state index contributed by atoms with van der Waals surface area (Å²) in [7, 11) is 0. The van der Waals surface area contributed by atoms with Gasteiger partial charge in [-0.25, -0.2) is 4.79 Å². The maximum absolute atomic E-state index is 12.9. The minimum absolute atomic E-state index is 0.201. The van der Waals surface area contributed by atoms with Crippen LogP contribution in [0.25, 0.3) is 5.69 Å². The van der Waals surface area contributed by atoms with Crippen LogP contribution in [0.3, 0.4) is 0 Å². The predicted molar refractivity (Wildman–Crippen MR) is 109 cm³/mol. The van der Waals surface area contributed by atoms with Crippen molar-refractivity contribution in [2.45, 2.75) is 20.4 Å². The number of carbonyl (C=O) groups excluding carboxylic acids is 1. The van der Waals surface area contributed by atoms with Crippen molar-refractivity contribution >= 4 is 17.6 Å². The summed E-state index contributed by atoms with van der Waals surface area (Å²) in [6.45, 7) is 3.70. The number of nitrogens with zero attached hydrogens (tertiary/aromatic N) is 2. The second-order valence-electron chi connectivity index (χ2n) is 6.58. The maximum Gasteiger partial charge on any atom is 0.343 e. The molecule has 148 valence electrons. The van der Waals surface area contributed by atoms with E-state index in [1.807, 2.05) is 6.07 Å². The number of amides is 1. The Hall–Kier alpha value is -3.94. The summed E-state index contributed by atoms with van der Waals surface area (Å²) >= 11 is 0. The lowest BCUT2D eigenvalue weighted by Crippen LogP contribution is -2.27. The average Bonchev–Trinajstić information content (AvgIpc) is 2.65. The van der Waals surface area contributed by atoms with Gasteiger partial charge in [0, 0.05) is 23.6 Å². The standard InChI is InChI=1S/C21H20N4O4/c1-12-9-15(10-13(2)17(12)19(22)26)25-8-6-16(18(20(25)27)21(28)29)24-11-14-5-3-4-7-23-14/h3-10,24H,11H2,1-2H3,(H2,22,26)(H,28,29). The lowest BCUT2D eigenvalue weighted by Gasteiger charge is -2.15. The summed E-state index contributed by atoms with van der Waals surface area (Å²) in [5.41, 5.74) is 7.29. The number of benzene rings is 1. The van der Waals surface area contributed by atoms with Crippen LogP contribution < -0.4 is 16.6 Å². The Morgan fingerprint density at radius 3 is 2.38 bits per heavy atom. The van der Waals surface area contributed by atoms with Crippen molar-refractivity contribution in [3.8, 4) is 5.69 Å². The fourth-order valence-electron chi connectivity index (χ4n) is 3.25. The van der Waals surface area contributed by atoms with E-state index in [2.05, 4.69) is 10.3 Å². The third kappa shape index (κ3) is 4.01. The number of aryl methyl sites for hydroxylation is 2. The second kappa shape index (κ2) is 7.97. The Kier molecular flexibility index (Phi) is 5.45. The normalized spacial score (nSPS) is 10.6. The molecule has 4 N–H and O–H groups in total. The molecule has 0 radical (unpaired) electrons. The summed E-state index contributed by atoms with van der Waals surface area (Å²) < 4.78 is 1.24. The van der Waals surface area contributed by atoms with Gasteiger partial charge in [-0.1, -0.05) is 6.07 Å². The Labute approximate surface area is 166 Å². The molecule has 0 aliphatic carbocycles. The molecule has 0 spiro atoms. The number of aromatic nitrogens is 2. The smallest absolute Gasteiger partial charge is 0.343 e. The van der Waals surface area contributed by atoms with Gasteiger partial charge in [0.15, 0.2) is 0 Å². The van der Waals surface area contributed by atoms with Gasteiger partial charge in [-0.05, 0) is 55.3 Å². The van der Waals surface area contributed by atoms with Crippen LogP contribution in [0.5, 0.6) is 0 Å². The number of hydrogen-bond donors (Lipinski definition) is 3. The molecule has 0 aliphatic heterocycles. The molecular formula is C21H20N4O4. The van der Waals surface area contributed by atoms with E-state index in [-0.39, 0.29) is 17.8 Å². The van der Waals surface area contributed by atoms with Crippen LogP contribution >= 0.6 is 0 Å². The molecule has 8 heteroatoms. The number of hydrogen-bond acceptors (Lipinski definition) is 5. The second-order valence-corrected chi connectivity index (χ2v) is 6.58. The predicted octanol–water partition coefficient (Wildman–Crippen LogP) is 2.26. The number of rotatable bonds is 6. The number of carbonyl (C=O) groups is 2. The van der Waals surface area contributed by atoms with Gasteiger partial charge in [-0.2, -0.15) is 0 Å². The summed E-state index contributed by atoms with van der Waals surface area (Å²) in [5.74, 6) is -1.89. The molecule has 0 bridgehead atoms. The van der Waals surface area contributed by atoms with Crippen LogP contribution in [0.2, 0.25) is 0 Å². The molecular weight excluding hydrogens is 372 g/mol. The van der Waals surface area contributed by atoms with Crippen LogP contribution in [-0.2, 0) is 6.54 Å². The molecule has 0 saturated heterocycles. The molecule has 29 heavy (non-hydrogen) atoms. The molecule has 0 atom stereocenters. The van der Waals surface area contributed by atoms with E-state index in [0.717, 1.165) is 0 Å². The van der Waals surface area contributed by atoms with Crippen LogP contribution in [0.4, 0.5) is 5.69 Å². The van der Waals surface area contributed by atoms with E-state index in [4.69, 9.17) is 5.73 Å². The molecule has 1 aromatic carbocycles. The Morgan fingerprint density at radius 2 is 1.83 bits per heavy atom. The Bertz CT molecular complexity index is 1130. The molecule has 0 aliphatic rings. The van der Waals surface area contributed by atoms with Crippen molar-refractivity contribution in [2.24, 2.45) is 5.73 Å². The number of carboxylic acid groups (broad SMARTS) is 1. The van der Waals surface area contributed by atoms with E-state index in [1.165, 1.54) is 16.8 Å². The largest absolute Gasteiger partial charge is 0.477 e. The lowest BCUT2D eigenvalue weighted by atomic mass is 10.0. The highest BCUT2D eigenvalue weighted by Crippen LogP contribution is 2.20. The zero-order chi connectivity index (χ0) is 21.1. The molecule has 2 aromatic heterocycles. The van der Waals surface area contributed by atoms with Crippen LogP contribution in [0.15, 0.2) is 53.6 Å². The van der Waals surface area contributed by atoms with Gasteiger partial charge in [-0.3, -0.25) is 19.1 Å². The first-order chi connectivity index (χ1) is 13.8. The van der Waals surface area contributed by atoms with E-state index < -0.39 is 17.4 Å². The zero-order valence-electron chi connectivity index (χ0n) is 16.0. The van der Waals surface area contributed by atoms with Crippen molar-refractivity contribution in [1.82, 2.24) is 9.55 Å². The van der Waals surface area contributed by atoms with Gasteiger partial charge in [-0.15, -0.1) is 0 Å². The minimum Gasteiger partial charge on any atom is -0.477 e. The quantitative estimate of drug-likeness (QED) is 0.590. The van der Waals surface area contributed by atoms with Crippen molar-refractivity contribution in [3.05, 3.63) is 87.1 Å². The maximum atomic E-state index is 12.9. The van der Waals surface area contributed by atoms with Crippen molar-refractivity contribution < 1.29 is 14.7 Å². The van der Waals surface area contributed by atoms with Crippen LogP contribution in [-0.4, -0.2) is 26.5 Å². The van der Waals surface area contributed by atoms with Crippen molar-refractivity contribution in [1.29, 1.82) is 0 Å². The fourth-order valence-corrected chi connectivity index (χ4v) is 3.25. The number of carboxylic acids is 1. The van der Waals surface area contributed by atoms with Gasteiger partial charge in [0.05, 0.1) is 17.9 Å². The number of anilines is 1. The third-order valence-corrected chi connectivity index (χ3v) is 4.53. The van der Waals surface area contributed by atoms with Gasteiger partial charge in [0.1, 0.15) is 5.56 Å². The first-order valence-corrected chi connectivity index (χ1v) is 8.83. The van der Waals surface area contributed by atoms with Crippen LogP contribution in [0.1, 0.15) is 37.5 Å². The first kappa shape index (κ1) is 19.8. The summed E-state index contributed by atoms with van der Waals surface area (Å²) in [5, 5.41) is 12.6. The van der Waals surface area contributed by atoms with Gasteiger partial charge in [0.25, 0.3) is 5.56 Å². The fraction of sp³-hybridized carbons (Fsp3) is 0.143. The van der Waals surface area contributed by atoms with E-state index in [1.54, 1.807) is 44.3 Å². The van der Waals surface area contributed by atoms with Crippen molar-refractivity contribution in [2.75, 3.05) is 5.32 Å². The summed E-state index contributed by atoms with van der Waals surface area (Å²) in [4.78, 5) is 40.5. The number of aromatic carboxylic acids is 1. The summed E-state index contributed by atoms with van der Waals surface area (Å²) in [6.07, 6.45) is 3.13. The number of nitrogens with two attached hydrogens (primary N) is 1. The molecule has 0 fully saturated rings. The Morgan fingerprint density at radius 1 is 1.14 bits per heavy atom. The summed E-state index contributed by atoms with van der Waals surface area (Å²) in [6, 6.07) is 10.2. The molecule has 0 unspecified atom stereocenters. The number of pyridine rings is 2. The van der Waals surface area contributed by atoms with E-state index in [9.17, 15) is 19.5 Å². The monoisotopic (exact) mass is 392 g/mol. The Balaban J connectivity index is 2.04. The molecule has 3 rings (SSSR count). The van der Waals surface area contributed by atoms with E-state index in [0.29, 0.717) is 28.1 Å². The van der Waals surface area contributed by atoms with Gasteiger partial charge >= 0.3 is 5.97 Å². The molecule has 1 amide bonds. The van der Waals surface area contributed by atoms with Gasteiger partial charge in [0.2, 0.25) is 5.91 Å². The zero-order valence-corrected chi connectivity index (χ0v) is 16.0. The molecule has 8 nitrogen and oxygen atoms in total. The number of primary amides is 1. The van der Waals surface area contributed by atoms with Crippen LogP contribution in [0, 0.1) is 13.8 Å². The highest BCUT2D eigenvalue weighted by Gasteiger charge is 2.19. The molecule has 0 saturated carbocycles. The minimum atomic E-state index is -1.34. The SMILES string of the molecule is Cc1cc(-n2ccc(NCc3ccccn3)c(C(=O)O)c2=O)cc(C)c1C(N)=O. The lowest BCUT2D eigenvalue weighted by molar-refractivity contribution is 0.0695. The van der Waals surface area contributed by atoms with E-state index >= 15 is 0 Å². The highest BCUT2D eigenvalue weighted by molar-refractivity contribution is 5.96. The first-order valence-electron chi connectivity index (χ1n) is 8.83. The molecule has 3 aromatic rings. The number of nitrogens with one attached hydrogen (secondary N) is 1. The topological polar surface area (TPSA) is 127 Å². The highest BCUT2D eigenvalue weighted by atomic mass is 16.4. The third-order valence-electron chi connectivity index (χ3n) is 4.53. The average molecular weight is 392 g/mol. The van der Waals surface area contributed by atoms with Gasteiger partial charge < -0.3 is 16.2 Å². The van der Waals surface area contributed by atoms with Crippen molar-refractivity contribution in [3.63, 3.8) is 0 Å².